The van der Waals surface area contributed by atoms with Crippen molar-refractivity contribution in [1.29, 1.82) is 0 Å². The van der Waals surface area contributed by atoms with E-state index in [0.29, 0.717) is 27.4 Å². The lowest BCUT2D eigenvalue weighted by Gasteiger charge is -2.12. The molecule has 0 fully saturated rings. The van der Waals surface area contributed by atoms with Crippen LogP contribution in [0.4, 0.5) is 16.4 Å². The predicted molar refractivity (Wildman–Crippen MR) is 139 cm³/mol. The number of thiocarbonyl (C=S) groups is 1. The fourth-order valence-corrected chi connectivity index (χ4v) is 4.70. The Morgan fingerprint density at radius 1 is 1.00 bits per heavy atom. The smallest absolute Gasteiger partial charge is 0.348 e. The molecule has 2 N–H and O–H groups in total. The highest BCUT2D eigenvalue weighted by atomic mass is 32.1. The third-order valence-corrected chi connectivity index (χ3v) is 6.26. The largest absolute Gasteiger partial charge is 0.462 e. The van der Waals surface area contributed by atoms with Crippen LogP contribution in [0.3, 0.4) is 0 Å². The van der Waals surface area contributed by atoms with Crippen molar-refractivity contribution in [2.24, 2.45) is 0 Å². The standard InChI is InChI=1S/C24H23N3O6S2/c1-4-32-22(28)19-14(3)20(23(29)33-5-2)35-21(19)26-24(34)25-16-12-10-15(11-13-16)17-8-6-7-9-18(17)27(30)31/h6-13H,4-5H2,1-3H3,(H2,25,26,34). The van der Waals surface area contributed by atoms with Crippen LogP contribution in [-0.4, -0.2) is 35.2 Å². The lowest BCUT2D eigenvalue weighted by atomic mass is 10.0. The number of anilines is 2. The maximum Gasteiger partial charge on any atom is 0.348 e. The molecule has 0 aliphatic rings. The van der Waals surface area contributed by atoms with Crippen LogP contribution in [0.5, 0.6) is 0 Å². The van der Waals surface area contributed by atoms with Gasteiger partial charge in [0.2, 0.25) is 0 Å². The number of carbonyl (C=O) groups is 2. The van der Waals surface area contributed by atoms with Gasteiger partial charge in [0.1, 0.15) is 9.88 Å². The molecular formula is C24H23N3O6S2. The molecule has 9 nitrogen and oxygen atoms in total. The molecule has 0 amide bonds. The highest BCUT2D eigenvalue weighted by molar-refractivity contribution is 7.80. The number of para-hydroxylation sites is 1. The van der Waals surface area contributed by atoms with Crippen LogP contribution in [0.15, 0.2) is 48.5 Å². The summed E-state index contributed by atoms with van der Waals surface area (Å²) in [4.78, 5) is 36.0. The molecule has 0 unspecified atom stereocenters. The Morgan fingerprint density at radius 2 is 1.63 bits per heavy atom. The Hall–Kier alpha value is -3.83. The molecule has 3 aromatic rings. The van der Waals surface area contributed by atoms with Crippen molar-refractivity contribution in [2.75, 3.05) is 23.8 Å². The Morgan fingerprint density at radius 3 is 2.26 bits per heavy atom. The molecule has 35 heavy (non-hydrogen) atoms. The van der Waals surface area contributed by atoms with Gasteiger partial charge >= 0.3 is 11.9 Å². The third kappa shape index (κ3) is 6.00. The molecule has 0 radical (unpaired) electrons. The number of nitrogens with zero attached hydrogens (tertiary/aromatic N) is 1. The molecule has 0 atom stereocenters. The van der Waals surface area contributed by atoms with Crippen molar-refractivity contribution < 1.29 is 24.0 Å². The van der Waals surface area contributed by atoms with E-state index in [-0.39, 0.29) is 34.5 Å². The van der Waals surface area contributed by atoms with Gasteiger partial charge in [-0.3, -0.25) is 10.1 Å². The maximum absolute atomic E-state index is 12.5. The minimum absolute atomic E-state index is 0.0161. The Kier molecular flexibility index (Phi) is 8.50. The highest BCUT2D eigenvalue weighted by Crippen LogP contribution is 2.35. The van der Waals surface area contributed by atoms with Gasteiger partial charge in [0.05, 0.1) is 29.3 Å². The fraction of sp³-hybridized carbons (Fsp3) is 0.208. The number of thiophene rings is 1. The van der Waals surface area contributed by atoms with Crippen LogP contribution >= 0.6 is 23.6 Å². The monoisotopic (exact) mass is 513 g/mol. The maximum atomic E-state index is 12.5. The van der Waals surface area contributed by atoms with Gasteiger partial charge in [-0.15, -0.1) is 11.3 Å². The van der Waals surface area contributed by atoms with E-state index in [2.05, 4.69) is 10.6 Å². The normalized spacial score (nSPS) is 10.4. The quantitative estimate of drug-likeness (QED) is 0.167. The first-order chi connectivity index (χ1) is 16.8. The van der Waals surface area contributed by atoms with Gasteiger partial charge in [-0.05, 0) is 62.3 Å². The molecule has 0 saturated heterocycles. The second kappa shape index (κ2) is 11.5. The zero-order valence-corrected chi connectivity index (χ0v) is 20.9. The van der Waals surface area contributed by atoms with Gasteiger partial charge in [0, 0.05) is 11.8 Å². The van der Waals surface area contributed by atoms with Crippen LogP contribution in [0, 0.1) is 17.0 Å². The van der Waals surface area contributed by atoms with E-state index in [4.69, 9.17) is 21.7 Å². The number of benzene rings is 2. The average Bonchev–Trinajstić information content (AvgIpc) is 3.15. The molecule has 1 aromatic heterocycles. The number of carbonyl (C=O) groups excluding carboxylic acids is 2. The SMILES string of the molecule is CCOC(=O)c1sc(NC(=S)Nc2ccc(-c3ccccc3[N+](=O)[O-])cc2)c(C(=O)OCC)c1C. The van der Waals surface area contributed by atoms with E-state index < -0.39 is 16.9 Å². The van der Waals surface area contributed by atoms with Crippen molar-refractivity contribution in [1.82, 2.24) is 0 Å². The average molecular weight is 514 g/mol. The summed E-state index contributed by atoms with van der Waals surface area (Å²) in [5, 5.41) is 17.8. The van der Waals surface area contributed by atoms with E-state index >= 15 is 0 Å². The summed E-state index contributed by atoms with van der Waals surface area (Å²) < 4.78 is 10.2. The number of nitro groups is 1. The molecule has 0 saturated carbocycles. The van der Waals surface area contributed by atoms with Gasteiger partial charge in [0.15, 0.2) is 5.11 Å². The second-order valence-corrected chi connectivity index (χ2v) is 8.56. The molecule has 0 aliphatic carbocycles. The van der Waals surface area contributed by atoms with Gasteiger partial charge in [-0.25, -0.2) is 9.59 Å². The lowest BCUT2D eigenvalue weighted by molar-refractivity contribution is -0.384. The van der Waals surface area contributed by atoms with Crippen LogP contribution in [0.1, 0.15) is 39.4 Å². The molecular weight excluding hydrogens is 490 g/mol. The van der Waals surface area contributed by atoms with Crippen molar-refractivity contribution in [3.63, 3.8) is 0 Å². The first kappa shape index (κ1) is 25.8. The van der Waals surface area contributed by atoms with Crippen molar-refractivity contribution in [3.8, 4) is 11.1 Å². The van der Waals surface area contributed by atoms with Gasteiger partial charge in [-0.2, -0.15) is 0 Å². The predicted octanol–water partition coefficient (Wildman–Crippen LogP) is 5.79. The van der Waals surface area contributed by atoms with Crippen LogP contribution in [-0.2, 0) is 9.47 Å². The zero-order chi connectivity index (χ0) is 25.5. The summed E-state index contributed by atoms with van der Waals surface area (Å²) in [5.74, 6) is -1.10. The number of hydrogen-bond acceptors (Lipinski definition) is 8. The van der Waals surface area contributed by atoms with Gasteiger partial charge in [0.25, 0.3) is 5.69 Å². The fourth-order valence-electron chi connectivity index (χ4n) is 3.32. The van der Waals surface area contributed by atoms with Crippen molar-refractivity contribution >= 4 is 57.0 Å². The first-order valence-corrected chi connectivity index (χ1v) is 11.9. The zero-order valence-electron chi connectivity index (χ0n) is 19.2. The third-order valence-electron chi connectivity index (χ3n) is 4.87. The summed E-state index contributed by atoms with van der Waals surface area (Å²) in [5.41, 5.74) is 2.49. The molecule has 11 heteroatoms. The minimum Gasteiger partial charge on any atom is -0.462 e. The number of ether oxygens (including phenoxy) is 2. The Bertz CT molecular complexity index is 1270. The number of nitro benzene ring substituents is 1. The summed E-state index contributed by atoms with van der Waals surface area (Å²) in [7, 11) is 0. The molecule has 2 aromatic carbocycles. The highest BCUT2D eigenvalue weighted by Gasteiger charge is 2.27. The second-order valence-electron chi connectivity index (χ2n) is 7.13. The van der Waals surface area contributed by atoms with Crippen LogP contribution in [0.2, 0.25) is 0 Å². The number of esters is 2. The van der Waals surface area contributed by atoms with Crippen molar-refractivity contribution in [3.05, 3.63) is 74.6 Å². The lowest BCUT2D eigenvalue weighted by Crippen LogP contribution is -2.20. The molecule has 0 spiro atoms. The molecule has 0 bridgehead atoms. The number of rotatable bonds is 8. The molecule has 182 valence electrons. The van der Waals surface area contributed by atoms with Crippen molar-refractivity contribution in [2.45, 2.75) is 20.8 Å². The topological polar surface area (TPSA) is 120 Å². The summed E-state index contributed by atoms with van der Waals surface area (Å²) in [6, 6.07) is 13.4. The van der Waals surface area contributed by atoms with Crippen LogP contribution < -0.4 is 10.6 Å². The summed E-state index contributed by atoms with van der Waals surface area (Å²) in [6.07, 6.45) is 0. The van der Waals surface area contributed by atoms with Gasteiger partial charge < -0.3 is 20.1 Å². The summed E-state index contributed by atoms with van der Waals surface area (Å²) in [6.45, 7) is 5.43. The number of nitrogens with one attached hydrogen (secondary N) is 2. The Balaban J connectivity index is 1.80. The summed E-state index contributed by atoms with van der Waals surface area (Å²) >= 11 is 6.46. The molecule has 1 heterocycles. The van der Waals surface area contributed by atoms with E-state index in [1.807, 2.05) is 0 Å². The van der Waals surface area contributed by atoms with E-state index in [0.717, 1.165) is 11.3 Å². The van der Waals surface area contributed by atoms with E-state index in [1.54, 1.807) is 63.2 Å². The molecule has 0 aliphatic heterocycles. The van der Waals surface area contributed by atoms with Gasteiger partial charge in [-0.1, -0.05) is 24.3 Å². The Labute approximate surface area is 211 Å². The molecule has 3 rings (SSSR count). The van der Waals surface area contributed by atoms with Crippen LogP contribution in [0.25, 0.3) is 11.1 Å². The number of hydrogen-bond donors (Lipinski definition) is 2. The first-order valence-electron chi connectivity index (χ1n) is 10.7. The minimum atomic E-state index is -0.573. The van der Waals surface area contributed by atoms with E-state index in [9.17, 15) is 19.7 Å². The van der Waals surface area contributed by atoms with E-state index in [1.165, 1.54) is 6.07 Å².